The molecule has 0 aliphatic carbocycles. The zero-order valence-electron chi connectivity index (χ0n) is 20.3. The van der Waals surface area contributed by atoms with E-state index in [9.17, 15) is 18.0 Å². The van der Waals surface area contributed by atoms with Gasteiger partial charge in [0.25, 0.3) is 10.0 Å². The van der Waals surface area contributed by atoms with Gasteiger partial charge in [-0.15, -0.1) is 0 Å². The average molecular weight is 573 g/mol. The standard InChI is InChI=1S/C27H30BrN3O4S/c1-3-25(27(33)29-4-2)30(19-21-12-7-5-8-13-21)26(32)20-31(23-15-11-14-22(28)18-23)36(34,35)24-16-9-6-10-17-24/h5-18,25H,3-4,19-20H2,1-2H3,(H,29,33)/t25-/m0/s1. The van der Waals surface area contributed by atoms with Crippen LogP contribution in [-0.4, -0.2) is 44.3 Å². The molecule has 0 saturated carbocycles. The van der Waals surface area contributed by atoms with Crippen LogP contribution in [0.25, 0.3) is 0 Å². The first-order valence-corrected chi connectivity index (χ1v) is 14.0. The van der Waals surface area contributed by atoms with E-state index in [4.69, 9.17) is 0 Å². The molecule has 0 saturated heterocycles. The molecule has 1 atom stereocenters. The normalized spacial score (nSPS) is 12.0. The van der Waals surface area contributed by atoms with Gasteiger partial charge in [-0.1, -0.05) is 77.5 Å². The van der Waals surface area contributed by atoms with E-state index in [-0.39, 0.29) is 17.3 Å². The van der Waals surface area contributed by atoms with Crippen molar-refractivity contribution in [3.05, 3.63) is 95.0 Å². The molecule has 1 N–H and O–H groups in total. The highest BCUT2D eigenvalue weighted by molar-refractivity contribution is 9.10. The van der Waals surface area contributed by atoms with Crippen molar-refractivity contribution in [2.75, 3.05) is 17.4 Å². The Morgan fingerprint density at radius 3 is 2.14 bits per heavy atom. The largest absolute Gasteiger partial charge is 0.355 e. The Bertz CT molecular complexity index is 1270. The number of sulfonamides is 1. The number of carbonyl (C=O) groups excluding carboxylic acids is 2. The summed E-state index contributed by atoms with van der Waals surface area (Å²) in [5, 5.41) is 2.80. The molecule has 3 aromatic rings. The van der Waals surface area contributed by atoms with Crippen molar-refractivity contribution in [3.63, 3.8) is 0 Å². The maximum atomic E-state index is 13.8. The number of halogens is 1. The molecule has 7 nitrogen and oxygen atoms in total. The minimum Gasteiger partial charge on any atom is -0.355 e. The van der Waals surface area contributed by atoms with E-state index >= 15 is 0 Å². The first-order valence-electron chi connectivity index (χ1n) is 11.7. The number of nitrogens with zero attached hydrogens (tertiary/aromatic N) is 2. The highest BCUT2D eigenvalue weighted by Gasteiger charge is 2.33. The molecule has 0 aliphatic rings. The zero-order valence-corrected chi connectivity index (χ0v) is 22.7. The molecule has 190 valence electrons. The maximum Gasteiger partial charge on any atom is 0.264 e. The Kier molecular flexibility index (Phi) is 9.66. The van der Waals surface area contributed by atoms with Gasteiger partial charge in [-0.3, -0.25) is 13.9 Å². The predicted octanol–water partition coefficient (Wildman–Crippen LogP) is 4.59. The van der Waals surface area contributed by atoms with Crippen LogP contribution in [0.1, 0.15) is 25.8 Å². The van der Waals surface area contributed by atoms with Gasteiger partial charge in [0.2, 0.25) is 11.8 Å². The third kappa shape index (κ3) is 6.73. The van der Waals surface area contributed by atoms with Crippen LogP contribution in [0.4, 0.5) is 5.69 Å². The molecule has 9 heteroatoms. The Hall–Kier alpha value is -3.17. The lowest BCUT2D eigenvalue weighted by atomic mass is 10.1. The third-order valence-electron chi connectivity index (χ3n) is 5.64. The second-order valence-corrected chi connectivity index (χ2v) is 10.9. The van der Waals surface area contributed by atoms with Crippen LogP contribution in [-0.2, 0) is 26.2 Å². The highest BCUT2D eigenvalue weighted by atomic mass is 79.9. The second-order valence-electron chi connectivity index (χ2n) is 8.13. The lowest BCUT2D eigenvalue weighted by Crippen LogP contribution is -2.52. The number of amides is 2. The van der Waals surface area contributed by atoms with Crippen molar-refractivity contribution >= 4 is 43.5 Å². The fourth-order valence-corrected chi connectivity index (χ4v) is 5.69. The minimum absolute atomic E-state index is 0.0724. The van der Waals surface area contributed by atoms with Crippen molar-refractivity contribution in [1.82, 2.24) is 10.2 Å². The van der Waals surface area contributed by atoms with E-state index in [1.165, 1.54) is 17.0 Å². The molecule has 2 amide bonds. The Morgan fingerprint density at radius 2 is 1.56 bits per heavy atom. The zero-order chi connectivity index (χ0) is 26.1. The molecule has 0 aliphatic heterocycles. The molecular formula is C27H30BrN3O4S. The molecule has 0 aromatic heterocycles. The SMILES string of the molecule is CCNC(=O)[C@H](CC)N(Cc1ccccc1)C(=O)CN(c1cccc(Br)c1)S(=O)(=O)c1ccccc1. The van der Waals surface area contributed by atoms with Crippen LogP contribution >= 0.6 is 15.9 Å². The minimum atomic E-state index is -4.07. The predicted molar refractivity (Wildman–Crippen MR) is 145 cm³/mol. The van der Waals surface area contributed by atoms with Gasteiger partial charge in [0.15, 0.2) is 0 Å². The summed E-state index contributed by atoms with van der Waals surface area (Å²) < 4.78 is 29.2. The summed E-state index contributed by atoms with van der Waals surface area (Å²) in [5.41, 5.74) is 1.18. The van der Waals surface area contributed by atoms with Crippen molar-refractivity contribution < 1.29 is 18.0 Å². The second kappa shape index (κ2) is 12.7. The summed E-state index contributed by atoms with van der Waals surface area (Å²) in [7, 11) is -4.07. The van der Waals surface area contributed by atoms with E-state index in [1.807, 2.05) is 44.2 Å². The number of benzene rings is 3. The van der Waals surface area contributed by atoms with Crippen molar-refractivity contribution in [3.8, 4) is 0 Å². The molecular weight excluding hydrogens is 542 g/mol. The molecule has 0 fully saturated rings. The Labute approximate surface area is 221 Å². The molecule has 0 radical (unpaired) electrons. The molecule has 36 heavy (non-hydrogen) atoms. The summed E-state index contributed by atoms with van der Waals surface area (Å²) in [6.07, 6.45) is 0.382. The van der Waals surface area contributed by atoms with Crippen LogP contribution in [0.3, 0.4) is 0 Å². The van der Waals surface area contributed by atoms with Gasteiger partial charge < -0.3 is 10.2 Å². The van der Waals surface area contributed by atoms with E-state index in [0.717, 1.165) is 9.87 Å². The van der Waals surface area contributed by atoms with Gasteiger partial charge in [-0.2, -0.15) is 0 Å². The van der Waals surface area contributed by atoms with Crippen LogP contribution < -0.4 is 9.62 Å². The lowest BCUT2D eigenvalue weighted by molar-refractivity contribution is -0.140. The van der Waals surface area contributed by atoms with Crippen molar-refractivity contribution in [2.24, 2.45) is 0 Å². The van der Waals surface area contributed by atoms with Gasteiger partial charge in [0, 0.05) is 17.6 Å². The van der Waals surface area contributed by atoms with E-state index in [2.05, 4.69) is 21.2 Å². The number of likely N-dealkylation sites (N-methyl/N-ethyl adjacent to an activating group) is 1. The number of anilines is 1. The van der Waals surface area contributed by atoms with E-state index < -0.39 is 28.5 Å². The quantitative estimate of drug-likeness (QED) is 0.364. The number of hydrogen-bond acceptors (Lipinski definition) is 4. The summed E-state index contributed by atoms with van der Waals surface area (Å²) in [6, 6.07) is 23.4. The average Bonchev–Trinajstić information content (AvgIpc) is 2.88. The number of hydrogen-bond donors (Lipinski definition) is 1. The molecule has 0 unspecified atom stereocenters. The summed E-state index contributed by atoms with van der Waals surface area (Å²) in [4.78, 5) is 28.3. The van der Waals surface area contributed by atoms with Crippen molar-refractivity contribution in [2.45, 2.75) is 37.8 Å². The van der Waals surface area contributed by atoms with Gasteiger partial charge in [0.1, 0.15) is 12.6 Å². The first-order chi connectivity index (χ1) is 17.3. The highest BCUT2D eigenvalue weighted by Crippen LogP contribution is 2.27. The van der Waals surface area contributed by atoms with E-state index in [1.54, 1.807) is 42.5 Å². The van der Waals surface area contributed by atoms with E-state index in [0.29, 0.717) is 23.1 Å². The first kappa shape index (κ1) is 27.4. The molecule has 3 aromatic carbocycles. The van der Waals surface area contributed by atoms with Crippen LogP contribution in [0.2, 0.25) is 0 Å². The number of nitrogens with one attached hydrogen (secondary N) is 1. The fraction of sp³-hybridized carbons (Fsp3) is 0.259. The van der Waals surface area contributed by atoms with Gasteiger partial charge >= 0.3 is 0 Å². The topological polar surface area (TPSA) is 86.8 Å². The summed E-state index contributed by atoms with van der Waals surface area (Å²) in [5.74, 6) is -0.749. The number of rotatable bonds is 11. The van der Waals surface area contributed by atoms with Gasteiger partial charge in [-0.05, 0) is 49.2 Å². The third-order valence-corrected chi connectivity index (χ3v) is 7.92. The van der Waals surface area contributed by atoms with Crippen molar-refractivity contribution in [1.29, 1.82) is 0 Å². The van der Waals surface area contributed by atoms with Gasteiger partial charge in [-0.25, -0.2) is 8.42 Å². The monoisotopic (exact) mass is 571 g/mol. The molecule has 0 bridgehead atoms. The van der Waals surface area contributed by atoms with Gasteiger partial charge in [0.05, 0.1) is 10.6 Å². The Balaban J connectivity index is 2.04. The summed E-state index contributed by atoms with van der Waals surface area (Å²) >= 11 is 3.39. The van der Waals surface area contributed by atoms with Crippen LogP contribution in [0.15, 0.2) is 94.3 Å². The van der Waals surface area contributed by atoms with Crippen LogP contribution in [0, 0.1) is 0 Å². The molecule has 0 heterocycles. The Morgan fingerprint density at radius 1 is 0.917 bits per heavy atom. The molecule has 3 rings (SSSR count). The number of carbonyl (C=O) groups is 2. The fourth-order valence-electron chi connectivity index (χ4n) is 3.87. The molecule has 0 spiro atoms. The van der Waals surface area contributed by atoms with Crippen LogP contribution in [0.5, 0.6) is 0 Å². The maximum absolute atomic E-state index is 13.8. The smallest absolute Gasteiger partial charge is 0.264 e. The lowest BCUT2D eigenvalue weighted by Gasteiger charge is -2.33. The summed E-state index contributed by atoms with van der Waals surface area (Å²) in [6.45, 7) is 3.78.